The average Bonchev–Trinajstić information content (AvgIpc) is 3.17. The second-order valence-electron chi connectivity index (χ2n) is 6.50. The van der Waals surface area contributed by atoms with E-state index in [1.807, 2.05) is 19.2 Å². The Morgan fingerprint density at radius 3 is 2.56 bits per heavy atom. The molecule has 2 heterocycles. The van der Waals surface area contributed by atoms with Gasteiger partial charge in [-0.15, -0.1) is 11.3 Å². The summed E-state index contributed by atoms with van der Waals surface area (Å²) < 4.78 is 38.2. The van der Waals surface area contributed by atoms with Crippen molar-refractivity contribution in [2.24, 2.45) is 0 Å². The minimum atomic E-state index is -3.40. The Labute approximate surface area is 165 Å². The maximum atomic E-state index is 12.7. The van der Waals surface area contributed by atoms with Gasteiger partial charge in [0, 0.05) is 25.1 Å². The van der Waals surface area contributed by atoms with Gasteiger partial charge in [-0.1, -0.05) is 6.42 Å². The van der Waals surface area contributed by atoms with E-state index >= 15 is 0 Å². The van der Waals surface area contributed by atoms with E-state index < -0.39 is 10.0 Å². The van der Waals surface area contributed by atoms with Crippen molar-refractivity contribution in [2.45, 2.75) is 50.7 Å². The number of piperidine rings is 1. The normalized spacial score (nSPS) is 17.0. The van der Waals surface area contributed by atoms with Gasteiger partial charge >= 0.3 is 0 Å². The van der Waals surface area contributed by atoms with Crippen molar-refractivity contribution in [1.82, 2.24) is 9.29 Å². The molecule has 6 nitrogen and oxygen atoms in total. The van der Waals surface area contributed by atoms with E-state index in [-0.39, 0.29) is 6.10 Å². The van der Waals surface area contributed by atoms with Crippen LogP contribution in [0.1, 0.15) is 49.9 Å². The molecule has 27 heavy (non-hydrogen) atoms. The first kappa shape index (κ1) is 20.3. The van der Waals surface area contributed by atoms with Gasteiger partial charge in [-0.25, -0.2) is 13.4 Å². The molecule has 1 fully saturated rings. The molecule has 0 aliphatic carbocycles. The highest BCUT2D eigenvalue weighted by Crippen LogP contribution is 2.24. The molecular formula is C19H26N2O4S2. The molecule has 1 aromatic heterocycles. The maximum absolute atomic E-state index is 12.7. The summed E-state index contributed by atoms with van der Waals surface area (Å²) in [6.07, 6.45) is 2.93. The van der Waals surface area contributed by atoms with Crippen LogP contribution >= 0.6 is 11.3 Å². The molecule has 1 atom stereocenters. The highest BCUT2D eigenvalue weighted by Gasteiger charge is 2.25. The van der Waals surface area contributed by atoms with Crippen LogP contribution < -0.4 is 4.74 Å². The summed E-state index contributed by atoms with van der Waals surface area (Å²) in [5.74, 6) is 0.625. The van der Waals surface area contributed by atoms with Gasteiger partial charge in [-0.2, -0.15) is 4.31 Å². The number of hydrogen-bond donors (Lipinski definition) is 0. The monoisotopic (exact) mass is 410 g/mol. The minimum absolute atomic E-state index is 0.0203. The highest BCUT2D eigenvalue weighted by atomic mass is 32.2. The number of sulfonamides is 1. The fourth-order valence-corrected chi connectivity index (χ4v) is 5.34. The standard InChI is InChI=1S/C19H26N2O4S2/c1-3-24-15(2)19-20-16(14-26-19)13-25-17-7-9-18(10-8-17)27(22,23)21-11-5-4-6-12-21/h7-10,14-15H,3-6,11-13H2,1-2H3. The van der Waals surface area contributed by atoms with Gasteiger partial charge in [-0.3, -0.25) is 0 Å². The summed E-state index contributed by atoms with van der Waals surface area (Å²) in [6, 6.07) is 6.63. The van der Waals surface area contributed by atoms with Gasteiger partial charge in [0.1, 0.15) is 23.5 Å². The Kier molecular flexibility index (Phi) is 6.86. The molecule has 0 radical (unpaired) electrons. The maximum Gasteiger partial charge on any atom is 0.243 e. The molecule has 1 saturated heterocycles. The van der Waals surface area contributed by atoms with E-state index in [0.717, 1.165) is 30.0 Å². The van der Waals surface area contributed by atoms with Gasteiger partial charge in [0.25, 0.3) is 0 Å². The van der Waals surface area contributed by atoms with E-state index in [9.17, 15) is 8.42 Å². The quantitative estimate of drug-likeness (QED) is 0.658. The first-order chi connectivity index (χ1) is 13.0. The Morgan fingerprint density at radius 1 is 1.19 bits per heavy atom. The largest absolute Gasteiger partial charge is 0.487 e. The molecule has 1 aromatic carbocycles. The van der Waals surface area contributed by atoms with Crippen LogP contribution in [0.15, 0.2) is 34.5 Å². The minimum Gasteiger partial charge on any atom is -0.487 e. The number of benzene rings is 1. The van der Waals surface area contributed by atoms with Crippen LogP contribution in [-0.2, 0) is 21.4 Å². The smallest absolute Gasteiger partial charge is 0.243 e. The molecule has 1 aliphatic heterocycles. The van der Waals surface area contributed by atoms with Crippen molar-refractivity contribution in [1.29, 1.82) is 0 Å². The molecule has 0 spiro atoms. The molecule has 0 N–H and O–H groups in total. The number of aromatic nitrogens is 1. The second-order valence-corrected chi connectivity index (χ2v) is 9.33. The molecular weight excluding hydrogens is 384 g/mol. The molecule has 1 unspecified atom stereocenters. The summed E-state index contributed by atoms with van der Waals surface area (Å²) in [5, 5.41) is 2.89. The first-order valence-corrected chi connectivity index (χ1v) is 11.6. The summed E-state index contributed by atoms with van der Waals surface area (Å²) in [4.78, 5) is 4.85. The van der Waals surface area contributed by atoms with Crippen LogP contribution in [0.4, 0.5) is 0 Å². The first-order valence-electron chi connectivity index (χ1n) is 9.29. The van der Waals surface area contributed by atoms with Crippen molar-refractivity contribution in [2.75, 3.05) is 19.7 Å². The van der Waals surface area contributed by atoms with Gasteiger partial charge in [0.15, 0.2) is 0 Å². The number of hydrogen-bond acceptors (Lipinski definition) is 6. The van der Waals surface area contributed by atoms with E-state index in [2.05, 4.69) is 4.98 Å². The predicted molar refractivity (Wildman–Crippen MR) is 106 cm³/mol. The zero-order valence-corrected chi connectivity index (χ0v) is 17.4. The highest BCUT2D eigenvalue weighted by molar-refractivity contribution is 7.89. The van der Waals surface area contributed by atoms with Gasteiger partial charge < -0.3 is 9.47 Å². The molecule has 148 valence electrons. The lowest BCUT2D eigenvalue weighted by Crippen LogP contribution is -2.35. The summed E-state index contributed by atoms with van der Waals surface area (Å²) >= 11 is 1.55. The third-order valence-corrected chi connectivity index (χ3v) is 7.46. The van der Waals surface area contributed by atoms with Crippen LogP contribution in [0.5, 0.6) is 5.75 Å². The number of thiazole rings is 1. The SMILES string of the molecule is CCOC(C)c1nc(COc2ccc(S(=O)(=O)N3CCCCC3)cc2)cs1. The lowest BCUT2D eigenvalue weighted by molar-refractivity contribution is 0.0760. The summed E-state index contributed by atoms with van der Waals surface area (Å²) in [5.41, 5.74) is 0.839. The van der Waals surface area contributed by atoms with E-state index in [1.54, 1.807) is 39.9 Å². The van der Waals surface area contributed by atoms with Crippen molar-refractivity contribution in [3.05, 3.63) is 40.3 Å². The topological polar surface area (TPSA) is 68.7 Å². The third-order valence-electron chi connectivity index (χ3n) is 4.50. The fraction of sp³-hybridized carbons (Fsp3) is 0.526. The summed E-state index contributed by atoms with van der Waals surface area (Å²) in [7, 11) is -3.40. The van der Waals surface area contributed by atoms with E-state index in [0.29, 0.717) is 36.9 Å². The summed E-state index contributed by atoms with van der Waals surface area (Å²) in [6.45, 7) is 6.14. The molecule has 3 rings (SSSR count). The molecule has 0 saturated carbocycles. The Balaban J connectivity index is 1.59. The molecule has 1 aliphatic rings. The second kappa shape index (κ2) is 9.14. The molecule has 0 bridgehead atoms. The Morgan fingerprint density at radius 2 is 1.89 bits per heavy atom. The van der Waals surface area contributed by atoms with Crippen LogP contribution in [0.25, 0.3) is 0 Å². The molecule has 0 amide bonds. The van der Waals surface area contributed by atoms with E-state index in [1.165, 1.54) is 0 Å². The van der Waals surface area contributed by atoms with Crippen molar-refractivity contribution < 1.29 is 17.9 Å². The number of rotatable bonds is 8. The van der Waals surface area contributed by atoms with Crippen LogP contribution in [0.2, 0.25) is 0 Å². The molecule has 8 heteroatoms. The Hall–Kier alpha value is -1.48. The lowest BCUT2D eigenvalue weighted by atomic mass is 10.2. The van der Waals surface area contributed by atoms with Crippen molar-refractivity contribution in [3.63, 3.8) is 0 Å². The Bertz CT molecular complexity index is 828. The molecule has 2 aromatic rings. The van der Waals surface area contributed by atoms with Crippen molar-refractivity contribution >= 4 is 21.4 Å². The number of nitrogens with zero attached hydrogens (tertiary/aromatic N) is 2. The van der Waals surface area contributed by atoms with Crippen molar-refractivity contribution in [3.8, 4) is 5.75 Å². The zero-order valence-electron chi connectivity index (χ0n) is 15.8. The lowest BCUT2D eigenvalue weighted by Gasteiger charge is -2.25. The predicted octanol–water partition coefficient (Wildman–Crippen LogP) is 3.99. The average molecular weight is 411 g/mol. The van der Waals surface area contributed by atoms with Gasteiger partial charge in [0.05, 0.1) is 10.6 Å². The van der Waals surface area contributed by atoms with Crippen LogP contribution in [-0.4, -0.2) is 37.4 Å². The van der Waals surface area contributed by atoms with Crippen LogP contribution in [0, 0.1) is 0 Å². The van der Waals surface area contributed by atoms with Gasteiger partial charge in [0.2, 0.25) is 10.0 Å². The van der Waals surface area contributed by atoms with Crippen LogP contribution in [0.3, 0.4) is 0 Å². The zero-order chi connectivity index (χ0) is 19.3. The van der Waals surface area contributed by atoms with E-state index in [4.69, 9.17) is 9.47 Å². The number of ether oxygens (including phenoxy) is 2. The third kappa shape index (κ3) is 5.07. The fourth-order valence-electron chi connectivity index (χ4n) is 3.02. The van der Waals surface area contributed by atoms with Gasteiger partial charge in [-0.05, 0) is 51.0 Å².